The highest BCUT2D eigenvalue weighted by molar-refractivity contribution is 6.30. The zero-order chi connectivity index (χ0) is 15.5. The number of aromatic amines is 1. The number of amides is 1. The van der Waals surface area contributed by atoms with Gasteiger partial charge in [0.25, 0.3) is 0 Å². The number of halogens is 1. The van der Waals surface area contributed by atoms with Crippen LogP contribution in [-0.2, 0) is 11.3 Å². The van der Waals surface area contributed by atoms with Crippen LogP contribution in [0.4, 0.5) is 5.95 Å². The molecule has 0 unspecified atom stereocenters. The van der Waals surface area contributed by atoms with Gasteiger partial charge in [0, 0.05) is 17.0 Å². The van der Waals surface area contributed by atoms with E-state index in [1.807, 2.05) is 36.4 Å². The van der Waals surface area contributed by atoms with Crippen LogP contribution < -0.4 is 11.1 Å². The highest BCUT2D eigenvalue weighted by Crippen LogP contribution is 2.28. The Morgan fingerprint density at radius 2 is 2.09 bits per heavy atom. The van der Waals surface area contributed by atoms with Gasteiger partial charge in [-0.3, -0.25) is 9.89 Å². The monoisotopic (exact) mass is 315 g/mol. The van der Waals surface area contributed by atoms with Crippen LogP contribution in [0, 0.1) is 0 Å². The number of hydrogen-bond donors (Lipinski definition) is 3. The van der Waals surface area contributed by atoms with Gasteiger partial charge < -0.3 is 11.1 Å². The summed E-state index contributed by atoms with van der Waals surface area (Å²) < 4.78 is 0. The van der Waals surface area contributed by atoms with Crippen molar-refractivity contribution in [2.75, 3.05) is 5.73 Å². The summed E-state index contributed by atoms with van der Waals surface area (Å²) in [6, 6.07) is 7.56. The largest absolute Gasteiger partial charge is 0.367 e. The number of carbonyl (C=O) groups is 1. The highest BCUT2D eigenvalue weighted by Gasteiger charge is 2.16. The Bertz CT molecular complexity index is 760. The van der Waals surface area contributed by atoms with E-state index in [1.54, 1.807) is 0 Å². The summed E-state index contributed by atoms with van der Waals surface area (Å²) >= 11 is 5.88. The van der Waals surface area contributed by atoms with E-state index >= 15 is 0 Å². The molecular formula is C15H14ClN5O. The topological polar surface area (TPSA) is 96.7 Å². The fourth-order valence-electron chi connectivity index (χ4n) is 2.21. The normalized spacial score (nSPS) is 13.7. The molecule has 2 aromatic rings. The number of rotatable bonds is 4. The van der Waals surface area contributed by atoms with Crippen molar-refractivity contribution in [2.45, 2.75) is 13.0 Å². The molecule has 0 saturated carbocycles. The number of aromatic nitrogens is 3. The first-order valence-electron chi connectivity index (χ1n) is 6.72. The fourth-order valence-corrected chi connectivity index (χ4v) is 2.34. The molecule has 0 aliphatic heterocycles. The van der Waals surface area contributed by atoms with E-state index in [4.69, 9.17) is 17.3 Å². The maximum atomic E-state index is 12.1. The number of anilines is 1. The van der Waals surface area contributed by atoms with Gasteiger partial charge in [0.2, 0.25) is 11.9 Å². The lowest BCUT2D eigenvalue weighted by atomic mass is 10.0. The molecule has 3 rings (SSSR count). The SMILES string of the molecule is Nc1n[nH]c(CNC(=O)C2=CC=C(c3ccc(Cl)cc3)C2)n1. The van der Waals surface area contributed by atoms with E-state index in [2.05, 4.69) is 20.5 Å². The van der Waals surface area contributed by atoms with Crippen LogP contribution in [0.25, 0.3) is 5.57 Å². The van der Waals surface area contributed by atoms with Crippen molar-refractivity contribution in [2.24, 2.45) is 0 Å². The quantitative estimate of drug-likeness (QED) is 0.804. The molecule has 1 aromatic carbocycles. The van der Waals surface area contributed by atoms with E-state index < -0.39 is 0 Å². The third-order valence-electron chi connectivity index (χ3n) is 3.34. The van der Waals surface area contributed by atoms with Gasteiger partial charge in [-0.1, -0.05) is 35.9 Å². The molecule has 22 heavy (non-hydrogen) atoms. The van der Waals surface area contributed by atoms with Crippen LogP contribution in [0.15, 0.2) is 42.0 Å². The Kier molecular flexibility index (Phi) is 3.93. The smallest absolute Gasteiger partial charge is 0.247 e. The van der Waals surface area contributed by atoms with Crippen molar-refractivity contribution in [3.63, 3.8) is 0 Å². The predicted molar refractivity (Wildman–Crippen MR) is 84.8 cm³/mol. The van der Waals surface area contributed by atoms with E-state index in [0.717, 1.165) is 11.1 Å². The lowest BCUT2D eigenvalue weighted by Gasteiger charge is -2.06. The number of carbonyl (C=O) groups excluding carboxylic acids is 1. The summed E-state index contributed by atoms with van der Waals surface area (Å²) in [5, 5.41) is 9.83. The lowest BCUT2D eigenvalue weighted by molar-refractivity contribution is -0.117. The lowest BCUT2D eigenvalue weighted by Crippen LogP contribution is -2.24. The number of nitrogens with zero attached hydrogens (tertiary/aromatic N) is 2. The fraction of sp³-hybridized carbons (Fsp3) is 0.133. The Morgan fingerprint density at radius 1 is 1.32 bits per heavy atom. The summed E-state index contributed by atoms with van der Waals surface area (Å²) in [5.41, 5.74) is 8.26. The van der Waals surface area contributed by atoms with Crippen molar-refractivity contribution in [3.8, 4) is 0 Å². The summed E-state index contributed by atoms with van der Waals surface area (Å²) in [6.07, 6.45) is 4.37. The molecule has 1 aromatic heterocycles. The molecule has 1 aliphatic carbocycles. The minimum atomic E-state index is -0.129. The van der Waals surface area contributed by atoms with Crippen LogP contribution >= 0.6 is 11.6 Å². The molecule has 4 N–H and O–H groups in total. The number of nitrogens with two attached hydrogens (primary N) is 1. The van der Waals surface area contributed by atoms with Crippen molar-refractivity contribution >= 4 is 29.0 Å². The third kappa shape index (κ3) is 3.17. The molecule has 1 amide bonds. The van der Waals surface area contributed by atoms with E-state index in [-0.39, 0.29) is 18.4 Å². The number of allylic oxidation sites excluding steroid dienone is 3. The molecule has 0 radical (unpaired) electrons. The van der Waals surface area contributed by atoms with Crippen molar-refractivity contribution in [3.05, 3.63) is 58.4 Å². The van der Waals surface area contributed by atoms with Gasteiger partial charge in [-0.25, -0.2) is 0 Å². The number of nitrogens with one attached hydrogen (secondary N) is 2. The van der Waals surface area contributed by atoms with Crippen LogP contribution in [0.2, 0.25) is 5.02 Å². The zero-order valence-corrected chi connectivity index (χ0v) is 12.4. The van der Waals surface area contributed by atoms with E-state index in [9.17, 15) is 4.79 Å². The summed E-state index contributed by atoms with van der Waals surface area (Å²) in [4.78, 5) is 16.1. The Morgan fingerprint density at radius 3 is 2.77 bits per heavy atom. The minimum absolute atomic E-state index is 0.129. The van der Waals surface area contributed by atoms with Gasteiger partial charge in [0.05, 0.1) is 6.54 Å². The third-order valence-corrected chi connectivity index (χ3v) is 3.59. The number of hydrogen-bond acceptors (Lipinski definition) is 4. The van der Waals surface area contributed by atoms with E-state index in [0.29, 0.717) is 22.8 Å². The number of H-pyrrole nitrogens is 1. The maximum Gasteiger partial charge on any atom is 0.247 e. The average molecular weight is 316 g/mol. The van der Waals surface area contributed by atoms with Crippen LogP contribution in [-0.4, -0.2) is 21.1 Å². The molecule has 7 heteroatoms. The molecule has 1 aliphatic rings. The predicted octanol–water partition coefficient (Wildman–Crippen LogP) is 2.07. The summed E-state index contributed by atoms with van der Waals surface area (Å²) in [6.45, 7) is 0.261. The maximum absolute atomic E-state index is 12.1. The van der Waals surface area contributed by atoms with Crippen LogP contribution in [0.3, 0.4) is 0 Å². The molecule has 0 atom stereocenters. The van der Waals surface area contributed by atoms with Crippen molar-refractivity contribution in [1.29, 1.82) is 0 Å². The first-order chi connectivity index (χ1) is 10.6. The second-order valence-corrected chi connectivity index (χ2v) is 5.33. The van der Waals surface area contributed by atoms with Gasteiger partial charge >= 0.3 is 0 Å². The summed E-state index contributed by atoms with van der Waals surface area (Å²) in [7, 11) is 0. The first-order valence-corrected chi connectivity index (χ1v) is 7.10. The summed E-state index contributed by atoms with van der Waals surface area (Å²) in [5.74, 6) is 0.557. The Balaban J connectivity index is 1.56. The molecular weight excluding hydrogens is 302 g/mol. The second-order valence-electron chi connectivity index (χ2n) is 4.89. The molecule has 0 saturated heterocycles. The van der Waals surface area contributed by atoms with Gasteiger partial charge in [-0.2, -0.15) is 4.98 Å². The zero-order valence-electron chi connectivity index (χ0n) is 11.6. The molecule has 0 fully saturated rings. The average Bonchev–Trinajstić information content (AvgIpc) is 3.15. The molecule has 6 nitrogen and oxygen atoms in total. The van der Waals surface area contributed by atoms with Gasteiger partial charge in [0.1, 0.15) is 5.82 Å². The standard InChI is InChI=1S/C15H14ClN5O/c16-12-5-3-9(4-6-12)10-1-2-11(7-10)14(22)18-8-13-19-15(17)21-20-13/h1-6H,7-8H2,(H,18,22)(H3,17,19,20,21). The second kappa shape index (κ2) is 6.03. The highest BCUT2D eigenvalue weighted by atomic mass is 35.5. The Labute approximate surface area is 132 Å². The molecule has 0 spiro atoms. The molecule has 1 heterocycles. The van der Waals surface area contributed by atoms with E-state index in [1.165, 1.54) is 0 Å². The van der Waals surface area contributed by atoms with Gasteiger partial charge in [-0.15, -0.1) is 5.10 Å². The minimum Gasteiger partial charge on any atom is -0.367 e. The number of nitrogen functional groups attached to an aromatic ring is 1. The first kappa shape index (κ1) is 14.3. The van der Waals surface area contributed by atoms with Crippen LogP contribution in [0.1, 0.15) is 17.8 Å². The van der Waals surface area contributed by atoms with Crippen LogP contribution in [0.5, 0.6) is 0 Å². The Hall–Kier alpha value is -2.60. The van der Waals surface area contributed by atoms with Gasteiger partial charge in [0.15, 0.2) is 0 Å². The molecule has 0 bridgehead atoms. The van der Waals surface area contributed by atoms with Gasteiger partial charge in [-0.05, 0) is 23.3 Å². The van der Waals surface area contributed by atoms with Crippen molar-refractivity contribution in [1.82, 2.24) is 20.5 Å². The number of benzene rings is 1. The van der Waals surface area contributed by atoms with Crippen molar-refractivity contribution < 1.29 is 4.79 Å². The molecule has 112 valence electrons.